The Morgan fingerprint density at radius 1 is 0.537 bits per heavy atom. The van der Waals surface area contributed by atoms with E-state index in [-0.39, 0.29) is 19.8 Å². The zero-order chi connectivity index (χ0) is 28.8. The second-order valence-electron chi connectivity index (χ2n) is 8.78. The van der Waals surface area contributed by atoms with E-state index in [1.165, 1.54) is 11.1 Å². The van der Waals surface area contributed by atoms with Crippen molar-refractivity contribution in [2.75, 3.05) is 13.1 Å². The van der Waals surface area contributed by atoms with E-state index in [4.69, 9.17) is 10.3 Å². The Balaban J connectivity index is 0.000000320. The van der Waals surface area contributed by atoms with Crippen LogP contribution >= 0.6 is 0 Å². The summed E-state index contributed by atoms with van der Waals surface area (Å²) < 4.78 is 0. The lowest BCUT2D eigenvalue weighted by molar-refractivity contribution is -0.148. The summed E-state index contributed by atoms with van der Waals surface area (Å²) in [5.74, 6) is -2.07. The van der Waals surface area contributed by atoms with Gasteiger partial charge in [0.1, 0.15) is 0 Å². The average Bonchev–Trinajstić information content (AvgIpc) is 2.99. The molecular formula is C34H40N2O5. The van der Waals surface area contributed by atoms with Gasteiger partial charge in [0.05, 0.1) is 6.42 Å². The average molecular weight is 557 g/mol. The van der Waals surface area contributed by atoms with Gasteiger partial charge >= 0.3 is 5.97 Å². The Labute approximate surface area is 242 Å². The van der Waals surface area contributed by atoms with Crippen LogP contribution in [0.4, 0.5) is 0 Å². The molecule has 4 rings (SSSR count). The standard InChI is InChI=1S/C16H17NO.C9H8O3.C8H11NO.CH4/c18-16(13-15-9-5-2-6-10-15)17-12-11-14-7-3-1-4-8-14;10-8(9(11)12)6-7-4-2-1-3-5-7;10-9-7-6-8-4-2-1-3-5-8;/h1-10H,11-13H2,(H,17,18);1-5H,6H2,(H,11,12);1-5,9-10H,6-7H2;1H4. The highest BCUT2D eigenvalue weighted by Crippen LogP contribution is 2.01. The van der Waals surface area contributed by atoms with Crippen LogP contribution in [-0.4, -0.2) is 41.1 Å². The molecule has 0 aliphatic rings. The molecule has 0 fully saturated rings. The van der Waals surface area contributed by atoms with Crippen LogP contribution in [0.1, 0.15) is 29.7 Å². The highest BCUT2D eigenvalue weighted by molar-refractivity contribution is 6.33. The molecule has 4 aromatic rings. The van der Waals surface area contributed by atoms with E-state index in [9.17, 15) is 14.4 Å². The highest BCUT2D eigenvalue weighted by atomic mass is 16.5. The molecule has 0 heterocycles. The van der Waals surface area contributed by atoms with Gasteiger partial charge in [-0.25, -0.2) is 10.3 Å². The first kappa shape index (κ1) is 34.4. The number of carbonyl (C=O) groups is 3. The van der Waals surface area contributed by atoms with Crippen molar-refractivity contribution in [3.05, 3.63) is 144 Å². The Bertz CT molecular complexity index is 1250. The Morgan fingerprint density at radius 2 is 0.902 bits per heavy atom. The van der Waals surface area contributed by atoms with Crippen molar-refractivity contribution in [1.29, 1.82) is 0 Å². The number of hydroxylamine groups is 1. The summed E-state index contributed by atoms with van der Waals surface area (Å²) in [7, 11) is 0. The fraction of sp³-hybridized carbons (Fsp3) is 0.206. The molecule has 0 aromatic heterocycles. The maximum absolute atomic E-state index is 11.7. The normalized spacial score (nSPS) is 9.49. The summed E-state index contributed by atoms with van der Waals surface area (Å²) in [4.78, 5) is 32.6. The van der Waals surface area contributed by atoms with Gasteiger partial charge in [-0.15, -0.1) is 0 Å². The maximum atomic E-state index is 11.7. The van der Waals surface area contributed by atoms with Gasteiger partial charge in [-0.2, -0.15) is 0 Å². The number of aliphatic carboxylic acids is 1. The van der Waals surface area contributed by atoms with Crippen molar-refractivity contribution in [2.45, 2.75) is 33.1 Å². The van der Waals surface area contributed by atoms with Gasteiger partial charge in [0.25, 0.3) is 0 Å². The van der Waals surface area contributed by atoms with Crippen molar-refractivity contribution in [2.24, 2.45) is 0 Å². The quantitative estimate of drug-likeness (QED) is 0.147. The number of carbonyl (C=O) groups excluding carboxylic acids is 2. The molecule has 0 aliphatic carbocycles. The van der Waals surface area contributed by atoms with E-state index in [0.717, 1.165) is 24.0 Å². The van der Waals surface area contributed by atoms with Gasteiger partial charge in [0, 0.05) is 19.5 Å². The summed E-state index contributed by atoms with van der Waals surface area (Å²) >= 11 is 0. The smallest absolute Gasteiger partial charge is 0.372 e. The van der Waals surface area contributed by atoms with Crippen molar-refractivity contribution >= 4 is 17.7 Å². The van der Waals surface area contributed by atoms with Crippen molar-refractivity contribution in [1.82, 2.24) is 10.8 Å². The van der Waals surface area contributed by atoms with Crippen LogP contribution in [0.5, 0.6) is 0 Å². The van der Waals surface area contributed by atoms with Gasteiger partial charge in [-0.1, -0.05) is 129 Å². The number of carboxylic acids is 1. The number of hydrogen-bond donors (Lipinski definition) is 4. The van der Waals surface area contributed by atoms with Gasteiger partial charge in [0.2, 0.25) is 11.7 Å². The summed E-state index contributed by atoms with van der Waals surface area (Å²) in [5.41, 5.74) is 6.38. The lowest BCUT2D eigenvalue weighted by Gasteiger charge is -2.05. The predicted octanol–water partition coefficient (Wildman–Crippen LogP) is 5.31. The number of hydrogen-bond acceptors (Lipinski definition) is 5. The molecule has 0 atom stereocenters. The topological polar surface area (TPSA) is 116 Å². The van der Waals surface area contributed by atoms with Crippen LogP contribution in [0.25, 0.3) is 0 Å². The molecule has 0 saturated heterocycles. The van der Waals surface area contributed by atoms with Crippen LogP contribution in [-0.2, 0) is 40.1 Å². The minimum atomic E-state index is -1.38. The summed E-state index contributed by atoms with van der Waals surface area (Å²) in [5, 5.41) is 19.5. The fourth-order valence-electron chi connectivity index (χ4n) is 3.54. The van der Waals surface area contributed by atoms with Crippen LogP contribution in [0.2, 0.25) is 0 Å². The number of nitrogens with one attached hydrogen (secondary N) is 2. The molecule has 7 heteroatoms. The molecule has 7 nitrogen and oxygen atoms in total. The molecule has 0 radical (unpaired) electrons. The van der Waals surface area contributed by atoms with Crippen molar-refractivity contribution in [3.63, 3.8) is 0 Å². The monoisotopic (exact) mass is 556 g/mol. The zero-order valence-electron chi connectivity index (χ0n) is 22.4. The first-order valence-corrected chi connectivity index (χ1v) is 13.0. The maximum Gasteiger partial charge on any atom is 0.372 e. The first-order chi connectivity index (χ1) is 19.5. The van der Waals surface area contributed by atoms with Gasteiger partial charge in [-0.3, -0.25) is 9.59 Å². The van der Waals surface area contributed by atoms with Crippen molar-refractivity contribution < 1.29 is 24.7 Å². The van der Waals surface area contributed by atoms with Crippen molar-refractivity contribution in [3.8, 4) is 0 Å². The molecule has 4 N–H and O–H groups in total. The Kier molecular flexibility index (Phi) is 17.9. The highest BCUT2D eigenvalue weighted by Gasteiger charge is 2.11. The molecule has 1 amide bonds. The van der Waals surface area contributed by atoms with Crippen LogP contribution in [0.15, 0.2) is 121 Å². The van der Waals surface area contributed by atoms with Gasteiger partial charge < -0.3 is 15.6 Å². The molecule has 0 saturated carbocycles. The summed E-state index contributed by atoms with van der Waals surface area (Å²) in [6.07, 6.45) is 2.17. The molecule has 0 spiro atoms. The largest absolute Gasteiger partial charge is 0.475 e. The minimum absolute atomic E-state index is 0. The number of ketones is 1. The predicted molar refractivity (Wildman–Crippen MR) is 163 cm³/mol. The molecular weight excluding hydrogens is 516 g/mol. The molecule has 4 aromatic carbocycles. The van der Waals surface area contributed by atoms with E-state index in [1.807, 2.05) is 84.9 Å². The number of rotatable bonds is 11. The minimum Gasteiger partial charge on any atom is -0.475 e. The van der Waals surface area contributed by atoms with E-state index in [1.54, 1.807) is 24.3 Å². The van der Waals surface area contributed by atoms with Crippen LogP contribution < -0.4 is 10.8 Å². The third-order valence-electron chi connectivity index (χ3n) is 5.60. The van der Waals surface area contributed by atoms with Gasteiger partial charge in [-0.05, 0) is 35.1 Å². The van der Waals surface area contributed by atoms with Crippen LogP contribution in [0.3, 0.4) is 0 Å². The first-order valence-electron chi connectivity index (χ1n) is 13.0. The number of carboxylic acid groups (broad SMARTS) is 1. The van der Waals surface area contributed by atoms with E-state index >= 15 is 0 Å². The van der Waals surface area contributed by atoms with E-state index < -0.39 is 11.8 Å². The van der Waals surface area contributed by atoms with E-state index in [2.05, 4.69) is 22.9 Å². The number of amides is 1. The fourth-order valence-corrected chi connectivity index (χ4v) is 3.54. The van der Waals surface area contributed by atoms with E-state index in [0.29, 0.717) is 19.5 Å². The van der Waals surface area contributed by atoms with Crippen LogP contribution in [0, 0.1) is 0 Å². The molecule has 41 heavy (non-hydrogen) atoms. The lowest BCUT2D eigenvalue weighted by Crippen LogP contribution is -2.27. The molecule has 0 aliphatic heterocycles. The number of Topliss-reactive ketones (excluding diaryl/α,β-unsaturated/α-hetero) is 1. The molecule has 216 valence electrons. The molecule has 0 bridgehead atoms. The Hall–Kier alpha value is -4.59. The summed E-state index contributed by atoms with van der Waals surface area (Å²) in [6.45, 7) is 1.31. The third kappa shape index (κ3) is 16.2. The second-order valence-corrected chi connectivity index (χ2v) is 8.78. The third-order valence-corrected chi connectivity index (χ3v) is 5.60. The number of benzene rings is 4. The lowest BCUT2D eigenvalue weighted by atomic mass is 10.1. The SMILES string of the molecule is C.O=C(Cc1ccccc1)NCCc1ccccc1.O=C(O)C(=O)Cc1ccccc1.ONCCc1ccccc1. The second kappa shape index (κ2) is 21.3. The van der Waals surface area contributed by atoms with Gasteiger partial charge in [0.15, 0.2) is 0 Å². The zero-order valence-corrected chi connectivity index (χ0v) is 22.4. The molecule has 0 unspecified atom stereocenters. The summed E-state index contributed by atoms with van der Waals surface area (Å²) in [6, 6.07) is 38.8. The Morgan fingerprint density at radius 3 is 1.29 bits per heavy atom.